The van der Waals surface area contributed by atoms with Gasteiger partial charge < -0.3 is 15.8 Å². The summed E-state index contributed by atoms with van der Waals surface area (Å²) in [5.74, 6) is 0.878. The summed E-state index contributed by atoms with van der Waals surface area (Å²) >= 11 is 0. The molecule has 0 amide bonds. The van der Waals surface area contributed by atoms with E-state index < -0.39 is 4.92 Å². The van der Waals surface area contributed by atoms with Gasteiger partial charge in [-0.25, -0.2) is 9.97 Å². The topological polar surface area (TPSA) is 116 Å². The van der Waals surface area contributed by atoms with Crippen molar-refractivity contribution in [3.05, 3.63) is 46.1 Å². The zero-order valence-corrected chi connectivity index (χ0v) is 10.7. The smallest absolute Gasteiger partial charge is 0.311 e. The predicted octanol–water partition coefficient (Wildman–Crippen LogP) is 1.59. The predicted molar refractivity (Wildman–Crippen MR) is 73.4 cm³/mol. The number of aromatic nitrogens is 2. The summed E-state index contributed by atoms with van der Waals surface area (Å²) in [7, 11) is 1.55. The van der Waals surface area contributed by atoms with E-state index in [0.29, 0.717) is 18.2 Å². The van der Waals surface area contributed by atoms with E-state index in [9.17, 15) is 10.1 Å². The van der Waals surface area contributed by atoms with Crippen LogP contribution in [0.5, 0.6) is 5.88 Å². The van der Waals surface area contributed by atoms with Crippen LogP contribution in [0.15, 0.2) is 30.5 Å². The van der Waals surface area contributed by atoms with Crippen LogP contribution in [0.3, 0.4) is 0 Å². The van der Waals surface area contributed by atoms with Crippen molar-refractivity contribution in [1.29, 1.82) is 0 Å². The lowest BCUT2D eigenvalue weighted by Gasteiger charge is -2.06. The molecule has 0 aliphatic heterocycles. The number of anilines is 2. The Kier molecular flexibility index (Phi) is 3.94. The number of rotatable bonds is 5. The van der Waals surface area contributed by atoms with Crippen molar-refractivity contribution >= 4 is 17.3 Å². The number of nitrogens with two attached hydrogens (primary N) is 1. The molecular weight excluding hydrogens is 262 g/mol. The minimum atomic E-state index is -0.570. The Morgan fingerprint density at radius 3 is 2.75 bits per heavy atom. The second-order valence-electron chi connectivity index (χ2n) is 3.92. The van der Waals surface area contributed by atoms with E-state index in [1.165, 1.54) is 12.1 Å². The molecule has 8 heteroatoms. The van der Waals surface area contributed by atoms with E-state index in [2.05, 4.69) is 15.3 Å². The summed E-state index contributed by atoms with van der Waals surface area (Å²) in [6, 6.07) is 6.42. The summed E-state index contributed by atoms with van der Waals surface area (Å²) < 4.78 is 4.96. The molecule has 0 bridgehead atoms. The van der Waals surface area contributed by atoms with Crippen molar-refractivity contribution in [3.63, 3.8) is 0 Å². The van der Waals surface area contributed by atoms with Gasteiger partial charge in [0, 0.05) is 24.9 Å². The third-order valence-electron chi connectivity index (χ3n) is 2.58. The first kappa shape index (κ1) is 13.5. The lowest BCUT2D eigenvalue weighted by Crippen LogP contribution is -2.05. The number of nitrogens with zero attached hydrogens (tertiary/aromatic N) is 3. The van der Waals surface area contributed by atoms with Crippen LogP contribution in [0, 0.1) is 10.1 Å². The van der Waals surface area contributed by atoms with Crippen LogP contribution in [-0.4, -0.2) is 22.0 Å². The minimum Gasteiger partial charge on any atom is -0.481 e. The number of methoxy groups -OCH3 is 1. The minimum absolute atomic E-state index is 0.118. The molecule has 0 unspecified atom stereocenters. The average molecular weight is 275 g/mol. The maximum absolute atomic E-state index is 10.6. The molecule has 0 spiro atoms. The van der Waals surface area contributed by atoms with Crippen LogP contribution in [0.2, 0.25) is 0 Å². The van der Waals surface area contributed by atoms with Gasteiger partial charge in [0.1, 0.15) is 5.82 Å². The van der Waals surface area contributed by atoms with Gasteiger partial charge in [-0.2, -0.15) is 0 Å². The van der Waals surface area contributed by atoms with Crippen LogP contribution < -0.4 is 15.8 Å². The number of ether oxygens (including phenoxy) is 1. The third kappa shape index (κ3) is 3.10. The number of nitrogen functional groups attached to an aromatic ring is 1. The van der Waals surface area contributed by atoms with Gasteiger partial charge in [0.15, 0.2) is 0 Å². The van der Waals surface area contributed by atoms with E-state index in [1.807, 2.05) is 6.07 Å². The first-order chi connectivity index (χ1) is 9.60. The Balaban J connectivity index is 2.03. The first-order valence-electron chi connectivity index (χ1n) is 5.74. The number of nitro groups is 1. The van der Waals surface area contributed by atoms with Gasteiger partial charge in [0.05, 0.1) is 12.0 Å². The maximum atomic E-state index is 10.6. The molecule has 0 fully saturated rings. The summed E-state index contributed by atoms with van der Waals surface area (Å²) in [6.45, 7) is 0.473. The highest BCUT2D eigenvalue weighted by atomic mass is 16.6. The van der Waals surface area contributed by atoms with E-state index in [0.717, 1.165) is 5.56 Å². The van der Waals surface area contributed by atoms with Gasteiger partial charge in [-0.3, -0.25) is 10.1 Å². The lowest BCUT2D eigenvalue weighted by atomic mass is 10.3. The fourth-order valence-electron chi connectivity index (χ4n) is 1.55. The fraction of sp³-hybridized carbons (Fsp3) is 0.167. The second-order valence-corrected chi connectivity index (χ2v) is 3.92. The molecule has 2 aromatic heterocycles. The molecule has 3 N–H and O–H groups in total. The third-order valence-corrected chi connectivity index (χ3v) is 2.58. The number of hydrogen-bond donors (Lipinski definition) is 2. The summed E-state index contributed by atoms with van der Waals surface area (Å²) in [6.07, 6.45) is 1.67. The molecule has 0 radical (unpaired) electrons. The zero-order valence-electron chi connectivity index (χ0n) is 10.7. The first-order valence-corrected chi connectivity index (χ1v) is 5.74. The Bertz CT molecular complexity index is 615. The lowest BCUT2D eigenvalue weighted by molar-refractivity contribution is -0.384. The summed E-state index contributed by atoms with van der Waals surface area (Å²) in [5, 5.41) is 13.6. The van der Waals surface area contributed by atoms with Crippen molar-refractivity contribution in [1.82, 2.24) is 9.97 Å². The van der Waals surface area contributed by atoms with Gasteiger partial charge >= 0.3 is 5.69 Å². The SMILES string of the molecule is COc1ccc(CNc2ccc([N+](=O)[O-])c(N)n2)cn1. The Labute approximate surface area is 114 Å². The monoisotopic (exact) mass is 275 g/mol. The Hall–Kier alpha value is -2.90. The normalized spacial score (nSPS) is 10.1. The molecule has 0 aromatic carbocycles. The van der Waals surface area contributed by atoms with Crippen LogP contribution in [-0.2, 0) is 6.54 Å². The van der Waals surface area contributed by atoms with Crippen LogP contribution >= 0.6 is 0 Å². The molecule has 104 valence electrons. The van der Waals surface area contributed by atoms with Gasteiger partial charge in [-0.05, 0) is 11.6 Å². The fourth-order valence-corrected chi connectivity index (χ4v) is 1.55. The molecule has 0 saturated carbocycles. The molecule has 2 heterocycles. The Morgan fingerprint density at radius 2 is 2.20 bits per heavy atom. The van der Waals surface area contributed by atoms with Crippen molar-refractivity contribution in [2.45, 2.75) is 6.54 Å². The van der Waals surface area contributed by atoms with Crippen molar-refractivity contribution < 1.29 is 9.66 Å². The standard InChI is InChI=1S/C12H13N5O3/c1-20-11-5-2-8(7-15-11)6-14-10-4-3-9(17(18)19)12(13)16-10/h2-5,7H,6H2,1H3,(H3,13,14,16). The second kappa shape index (κ2) is 5.83. The quantitative estimate of drug-likeness (QED) is 0.628. The van der Waals surface area contributed by atoms with E-state index in [4.69, 9.17) is 10.5 Å². The number of hydrogen-bond acceptors (Lipinski definition) is 7. The van der Waals surface area contributed by atoms with Crippen LogP contribution in [0.25, 0.3) is 0 Å². The van der Waals surface area contributed by atoms with Gasteiger partial charge in [0.25, 0.3) is 0 Å². The largest absolute Gasteiger partial charge is 0.481 e. The Morgan fingerprint density at radius 1 is 1.40 bits per heavy atom. The van der Waals surface area contributed by atoms with E-state index >= 15 is 0 Å². The van der Waals surface area contributed by atoms with Crippen molar-refractivity contribution in [2.24, 2.45) is 0 Å². The van der Waals surface area contributed by atoms with Gasteiger partial charge in [-0.1, -0.05) is 6.07 Å². The van der Waals surface area contributed by atoms with Crippen LogP contribution in [0.1, 0.15) is 5.56 Å². The van der Waals surface area contributed by atoms with Gasteiger partial charge in [-0.15, -0.1) is 0 Å². The summed E-state index contributed by atoms with van der Waals surface area (Å²) in [5.41, 5.74) is 6.22. The molecule has 0 atom stereocenters. The highest BCUT2D eigenvalue weighted by Gasteiger charge is 2.12. The molecule has 0 aliphatic carbocycles. The molecule has 2 rings (SSSR count). The van der Waals surface area contributed by atoms with E-state index in [-0.39, 0.29) is 11.5 Å². The van der Waals surface area contributed by atoms with Crippen molar-refractivity contribution in [3.8, 4) is 5.88 Å². The molecule has 8 nitrogen and oxygen atoms in total. The van der Waals surface area contributed by atoms with Crippen LogP contribution in [0.4, 0.5) is 17.3 Å². The highest BCUT2D eigenvalue weighted by molar-refractivity contribution is 5.57. The number of pyridine rings is 2. The van der Waals surface area contributed by atoms with Gasteiger partial charge in [0.2, 0.25) is 11.7 Å². The van der Waals surface area contributed by atoms with E-state index in [1.54, 1.807) is 19.4 Å². The molecule has 0 saturated heterocycles. The molecule has 20 heavy (non-hydrogen) atoms. The number of nitrogens with one attached hydrogen (secondary N) is 1. The maximum Gasteiger partial charge on any atom is 0.311 e. The molecule has 2 aromatic rings. The molecular formula is C12H13N5O3. The summed E-state index contributed by atoms with van der Waals surface area (Å²) in [4.78, 5) is 18.0. The molecule has 0 aliphatic rings. The van der Waals surface area contributed by atoms with Crippen molar-refractivity contribution in [2.75, 3.05) is 18.2 Å². The average Bonchev–Trinajstić information content (AvgIpc) is 2.45. The highest BCUT2D eigenvalue weighted by Crippen LogP contribution is 2.21. The zero-order chi connectivity index (χ0) is 14.5.